The highest BCUT2D eigenvalue weighted by molar-refractivity contribution is 7.99. The predicted octanol–water partition coefficient (Wildman–Crippen LogP) is 1.54. The smallest absolute Gasteiger partial charge is 0.218 e. The first-order chi connectivity index (χ1) is 8.49. The van der Waals surface area contributed by atoms with Crippen LogP contribution in [0.25, 0.3) is 0 Å². The van der Waals surface area contributed by atoms with Gasteiger partial charge in [0.05, 0.1) is 5.75 Å². The summed E-state index contributed by atoms with van der Waals surface area (Å²) in [6.45, 7) is 0. The van der Waals surface area contributed by atoms with E-state index < -0.39 is 10.0 Å². The number of hydrogen-bond donors (Lipinski definition) is 1. The Kier molecular flexibility index (Phi) is 4.19. The summed E-state index contributed by atoms with van der Waals surface area (Å²) < 4.78 is 26.1. The number of nitrogens with zero attached hydrogens (tertiary/aromatic N) is 1. The van der Waals surface area contributed by atoms with Gasteiger partial charge in [-0.2, -0.15) is 11.8 Å². The topological polar surface area (TPSA) is 63.4 Å². The number of sulfonamides is 1. The van der Waals surface area contributed by atoms with Crippen LogP contribution in [0, 0.1) is 0 Å². The second-order valence-corrected chi connectivity index (χ2v) is 7.71. The predicted molar refractivity (Wildman–Crippen MR) is 77.0 cm³/mol. The molecule has 18 heavy (non-hydrogen) atoms. The Balaban J connectivity index is 2.11. The van der Waals surface area contributed by atoms with Crippen molar-refractivity contribution in [2.45, 2.75) is 18.2 Å². The second kappa shape index (κ2) is 5.50. The van der Waals surface area contributed by atoms with Crippen molar-refractivity contribution in [1.29, 1.82) is 0 Å². The fourth-order valence-corrected chi connectivity index (χ4v) is 4.83. The lowest BCUT2D eigenvalue weighted by atomic mass is 10.2. The van der Waals surface area contributed by atoms with E-state index in [1.54, 1.807) is 31.3 Å². The van der Waals surface area contributed by atoms with Crippen LogP contribution < -0.4 is 5.73 Å². The van der Waals surface area contributed by atoms with Crippen molar-refractivity contribution in [2.24, 2.45) is 0 Å². The van der Waals surface area contributed by atoms with E-state index in [1.807, 2.05) is 11.8 Å². The average molecular weight is 286 g/mol. The van der Waals surface area contributed by atoms with Crippen molar-refractivity contribution in [2.75, 3.05) is 24.3 Å². The maximum Gasteiger partial charge on any atom is 0.218 e. The summed E-state index contributed by atoms with van der Waals surface area (Å²) in [5.74, 6) is 1.96. The Morgan fingerprint density at radius 3 is 2.89 bits per heavy atom. The Morgan fingerprint density at radius 1 is 1.50 bits per heavy atom. The van der Waals surface area contributed by atoms with E-state index in [9.17, 15) is 8.42 Å². The minimum atomic E-state index is -3.25. The Labute approximate surface area is 113 Å². The van der Waals surface area contributed by atoms with Gasteiger partial charge in [0.1, 0.15) is 0 Å². The minimum Gasteiger partial charge on any atom is -0.399 e. The lowest BCUT2D eigenvalue weighted by molar-refractivity contribution is 0.394. The van der Waals surface area contributed by atoms with Gasteiger partial charge in [0, 0.05) is 24.5 Å². The monoisotopic (exact) mass is 286 g/mol. The van der Waals surface area contributed by atoms with Crippen LogP contribution >= 0.6 is 11.8 Å². The first-order valence-corrected chi connectivity index (χ1v) is 8.63. The second-order valence-electron chi connectivity index (χ2n) is 4.53. The lowest BCUT2D eigenvalue weighted by Crippen LogP contribution is -2.37. The number of nitrogen functional groups attached to an aromatic ring is 1. The number of nitrogens with two attached hydrogens (primary N) is 1. The van der Waals surface area contributed by atoms with Gasteiger partial charge in [0.25, 0.3) is 0 Å². The van der Waals surface area contributed by atoms with Crippen molar-refractivity contribution in [3.63, 3.8) is 0 Å². The van der Waals surface area contributed by atoms with Crippen LogP contribution in [0.5, 0.6) is 0 Å². The van der Waals surface area contributed by atoms with Crippen molar-refractivity contribution < 1.29 is 8.42 Å². The third kappa shape index (κ3) is 3.18. The molecule has 1 aliphatic rings. The van der Waals surface area contributed by atoms with Crippen LogP contribution in [0.4, 0.5) is 5.69 Å². The molecule has 1 atom stereocenters. The van der Waals surface area contributed by atoms with Crippen molar-refractivity contribution in [3.8, 4) is 0 Å². The van der Waals surface area contributed by atoms with E-state index >= 15 is 0 Å². The molecule has 100 valence electrons. The molecule has 4 nitrogen and oxygen atoms in total. The normalized spacial score (nSPS) is 20.4. The molecule has 0 saturated carbocycles. The Hall–Kier alpha value is -0.720. The number of rotatable bonds is 4. The summed E-state index contributed by atoms with van der Waals surface area (Å²) in [4.78, 5) is 0. The number of anilines is 1. The summed E-state index contributed by atoms with van der Waals surface area (Å²) in [6, 6.07) is 7.19. The molecule has 0 aromatic heterocycles. The van der Waals surface area contributed by atoms with E-state index in [2.05, 4.69) is 0 Å². The quantitative estimate of drug-likeness (QED) is 0.853. The Morgan fingerprint density at radius 2 is 2.28 bits per heavy atom. The molecule has 1 aromatic rings. The zero-order chi connectivity index (χ0) is 13.2. The summed E-state index contributed by atoms with van der Waals surface area (Å²) in [5, 5.41) is 0. The van der Waals surface area contributed by atoms with Gasteiger partial charge in [0.2, 0.25) is 10.0 Å². The number of thioether (sulfide) groups is 1. The van der Waals surface area contributed by atoms with Gasteiger partial charge >= 0.3 is 0 Å². The SMILES string of the molecule is CN(C1CCSC1)S(=O)(=O)Cc1cccc(N)c1. The highest BCUT2D eigenvalue weighted by Gasteiger charge is 2.28. The van der Waals surface area contributed by atoms with Crippen LogP contribution in [-0.2, 0) is 15.8 Å². The molecule has 1 unspecified atom stereocenters. The molecule has 0 bridgehead atoms. The molecule has 2 rings (SSSR count). The van der Waals surface area contributed by atoms with Crippen LogP contribution in [-0.4, -0.2) is 37.3 Å². The van der Waals surface area contributed by atoms with Crippen molar-refractivity contribution in [1.82, 2.24) is 4.31 Å². The molecule has 0 aliphatic carbocycles. The average Bonchev–Trinajstić information content (AvgIpc) is 2.80. The zero-order valence-electron chi connectivity index (χ0n) is 10.4. The van der Waals surface area contributed by atoms with E-state index in [-0.39, 0.29) is 11.8 Å². The summed E-state index contributed by atoms with van der Waals surface area (Å²) in [6.07, 6.45) is 0.942. The molecular formula is C12H18N2O2S2. The highest BCUT2D eigenvalue weighted by Crippen LogP contribution is 2.24. The third-order valence-electron chi connectivity index (χ3n) is 3.16. The maximum atomic E-state index is 12.3. The van der Waals surface area contributed by atoms with Gasteiger partial charge in [-0.25, -0.2) is 12.7 Å². The van der Waals surface area contributed by atoms with Gasteiger partial charge in [-0.1, -0.05) is 12.1 Å². The largest absolute Gasteiger partial charge is 0.399 e. The summed E-state index contributed by atoms with van der Waals surface area (Å²) >= 11 is 1.81. The third-order valence-corrected chi connectivity index (χ3v) is 6.18. The van der Waals surface area contributed by atoms with Gasteiger partial charge in [-0.15, -0.1) is 0 Å². The fraction of sp³-hybridized carbons (Fsp3) is 0.500. The molecule has 0 amide bonds. The minimum absolute atomic E-state index is 0.0235. The number of benzene rings is 1. The standard InChI is InChI=1S/C12H18N2O2S2/c1-14(12-5-6-17-8-12)18(15,16)9-10-3-2-4-11(13)7-10/h2-4,7,12H,5-6,8-9,13H2,1H3. The fourth-order valence-electron chi connectivity index (χ4n) is 2.03. The molecule has 1 aliphatic heterocycles. The molecule has 0 radical (unpaired) electrons. The van der Waals surface area contributed by atoms with E-state index in [0.29, 0.717) is 5.69 Å². The van der Waals surface area contributed by atoms with E-state index in [4.69, 9.17) is 5.73 Å². The van der Waals surface area contributed by atoms with E-state index in [0.717, 1.165) is 23.5 Å². The van der Waals surface area contributed by atoms with Crippen molar-refractivity contribution >= 4 is 27.5 Å². The van der Waals surface area contributed by atoms with Crippen LogP contribution in [0.2, 0.25) is 0 Å². The molecule has 1 fully saturated rings. The first kappa shape index (κ1) is 13.7. The van der Waals surface area contributed by atoms with Crippen LogP contribution in [0.15, 0.2) is 24.3 Å². The molecule has 0 spiro atoms. The van der Waals surface area contributed by atoms with Crippen LogP contribution in [0.1, 0.15) is 12.0 Å². The maximum absolute atomic E-state index is 12.3. The van der Waals surface area contributed by atoms with Gasteiger partial charge in [-0.05, 0) is 29.9 Å². The lowest BCUT2D eigenvalue weighted by Gasteiger charge is -2.23. The molecule has 1 saturated heterocycles. The van der Waals surface area contributed by atoms with Crippen molar-refractivity contribution in [3.05, 3.63) is 29.8 Å². The molecule has 6 heteroatoms. The molecule has 2 N–H and O–H groups in total. The summed E-state index contributed by atoms with van der Waals surface area (Å²) in [7, 11) is -1.57. The van der Waals surface area contributed by atoms with Crippen LogP contribution in [0.3, 0.4) is 0 Å². The Bertz CT molecular complexity index is 511. The summed E-state index contributed by atoms with van der Waals surface area (Å²) in [5.41, 5.74) is 7.01. The highest BCUT2D eigenvalue weighted by atomic mass is 32.2. The van der Waals surface area contributed by atoms with Gasteiger partial charge in [0.15, 0.2) is 0 Å². The van der Waals surface area contributed by atoms with Gasteiger partial charge in [-0.3, -0.25) is 0 Å². The molecular weight excluding hydrogens is 268 g/mol. The van der Waals surface area contributed by atoms with Gasteiger partial charge < -0.3 is 5.73 Å². The molecule has 1 aromatic carbocycles. The number of hydrogen-bond acceptors (Lipinski definition) is 4. The first-order valence-electron chi connectivity index (χ1n) is 5.87. The molecule has 1 heterocycles. The van der Waals surface area contributed by atoms with E-state index in [1.165, 1.54) is 4.31 Å². The zero-order valence-corrected chi connectivity index (χ0v) is 12.0.